The van der Waals surface area contributed by atoms with Gasteiger partial charge in [0.1, 0.15) is 0 Å². The number of nitrogens with zero attached hydrogens (tertiary/aromatic N) is 1. The zero-order chi connectivity index (χ0) is 5.11. The lowest BCUT2D eigenvalue weighted by Gasteiger charge is -2.17. The Bertz CT molecular complexity index is 48.0. The predicted octanol–water partition coefficient (Wildman–Crippen LogP) is 0.278. The summed E-state index contributed by atoms with van der Waals surface area (Å²) in [5, 5.41) is 0. The maximum atomic E-state index is 4.01. The third kappa shape index (κ3) is 1.45. The molecule has 1 atom stereocenters. The Morgan fingerprint density at radius 1 is 1.71 bits per heavy atom. The van der Waals surface area contributed by atoms with Gasteiger partial charge in [0.25, 0.3) is 0 Å². The van der Waals surface area contributed by atoms with Gasteiger partial charge < -0.3 is 0 Å². The lowest BCUT2D eigenvalue weighted by atomic mass is 10.2. The van der Waals surface area contributed by atoms with E-state index in [1.165, 1.54) is 12.8 Å². The van der Waals surface area contributed by atoms with E-state index in [2.05, 4.69) is 17.8 Å². The quantitative estimate of drug-likeness (QED) is 0.463. The van der Waals surface area contributed by atoms with E-state index in [1.54, 1.807) is 0 Å². The minimum atomic E-state index is 0.619. The van der Waals surface area contributed by atoms with Crippen molar-refractivity contribution in [1.29, 1.82) is 0 Å². The van der Waals surface area contributed by atoms with Crippen molar-refractivity contribution < 1.29 is 0 Å². The van der Waals surface area contributed by atoms with Gasteiger partial charge in [0.05, 0.1) is 0 Å². The molecule has 0 aliphatic carbocycles. The number of nitrogens with one attached hydrogen (secondary N) is 1. The van der Waals surface area contributed by atoms with E-state index >= 15 is 0 Å². The van der Waals surface area contributed by atoms with Crippen LogP contribution in [0.4, 0.5) is 0 Å². The molecule has 0 aromatic carbocycles. The first kappa shape index (κ1) is 5.06. The topological polar surface area (TPSA) is 26.1 Å². The van der Waals surface area contributed by atoms with E-state index in [0.717, 1.165) is 6.54 Å². The molecule has 1 N–H and O–H groups in total. The summed E-state index contributed by atoms with van der Waals surface area (Å²) in [6, 6.07) is 0.619. The minimum Gasteiger partial charge on any atom is -0.237 e. The van der Waals surface area contributed by atoms with E-state index in [4.69, 9.17) is 0 Å². The van der Waals surface area contributed by atoms with Gasteiger partial charge in [-0.3, -0.25) is 0 Å². The van der Waals surface area contributed by atoms with E-state index in [-0.39, 0.29) is 0 Å². The van der Waals surface area contributed by atoms with Gasteiger partial charge in [-0.05, 0) is 19.8 Å². The monoisotopic (exact) mass is 99.1 g/mol. The highest BCUT2D eigenvalue weighted by molar-refractivity contribution is 4.62. The largest absolute Gasteiger partial charge is 0.237 e. The highest BCUT2D eigenvalue weighted by Crippen LogP contribution is 1.97. The third-order valence-electron chi connectivity index (χ3n) is 1.22. The Balaban J connectivity index is 2.12. The molecule has 41 valence electrons. The first-order chi connectivity index (χ1) is 3.39. The van der Waals surface area contributed by atoms with Crippen LogP contribution in [0.2, 0.25) is 0 Å². The molecule has 1 aliphatic heterocycles. The lowest BCUT2D eigenvalue weighted by molar-refractivity contribution is 0.354. The summed E-state index contributed by atoms with van der Waals surface area (Å²) in [5.74, 6) is 0. The van der Waals surface area contributed by atoms with Crippen molar-refractivity contribution in [3.05, 3.63) is 0 Å². The summed E-state index contributed by atoms with van der Waals surface area (Å²) in [6.45, 7) is 3.16. The fraction of sp³-hybridized carbons (Fsp3) is 1.00. The van der Waals surface area contributed by atoms with Crippen molar-refractivity contribution in [3.8, 4) is 0 Å². The van der Waals surface area contributed by atoms with Gasteiger partial charge in [-0.2, -0.15) is 5.43 Å². The highest BCUT2D eigenvalue weighted by Gasteiger charge is 2.05. The van der Waals surface area contributed by atoms with Gasteiger partial charge in [0.15, 0.2) is 0 Å². The molecule has 0 amide bonds. The normalized spacial score (nSPS) is 33.0. The van der Waals surface area contributed by atoms with Crippen LogP contribution in [0.25, 0.3) is 0 Å². The van der Waals surface area contributed by atoms with E-state index in [0.29, 0.717) is 6.04 Å². The zero-order valence-corrected chi connectivity index (χ0v) is 4.65. The molecule has 2 nitrogen and oxygen atoms in total. The number of rotatable bonds is 0. The summed E-state index contributed by atoms with van der Waals surface area (Å²) in [7, 11) is 0. The molecule has 1 radical (unpaired) electrons. The van der Waals surface area contributed by atoms with Crippen molar-refractivity contribution in [3.63, 3.8) is 0 Å². The summed E-state index contributed by atoms with van der Waals surface area (Å²) < 4.78 is 0. The number of hydrogen-bond acceptors (Lipinski definition) is 1. The predicted molar refractivity (Wildman–Crippen MR) is 28.8 cm³/mol. The van der Waals surface area contributed by atoms with Gasteiger partial charge in [-0.15, -0.1) is 0 Å². The summed E-state index contributed by atoms with van der Waals surface area (Å²) in [4.78, 5) is 0. The summed E-state index contributed by atoms with van der Waals surface area (Å²) >= 11 is 0. The first-order valence-electron chi connectivity index (χ1n) is 2.81. The Hall–Kier alpha value is -0.0800. The van der Waals surface area contributed by atoms with Crippen LogP contribution in [0.5, 0.6) is 0 Å². The Labute approximate surface area is 44.3 Å². The molecule has 0 spiro atoms. The second kappa shape index (κ2) is 2.28. The van der Waals surface area contributed by atoms with Crippen LogP contribution < -0.4 is 10.9 Å². The molecule has 2 heteroatoms. The van der Waals surface area contributed by atoms with Crippen molar-refractivity contribution in [1.82, 2.24) is 10.9 Å². The Morgan fingerprint density at radius 3 is 2.86 bits per heavy atom. The SMILES string of the molecule is CC1CCC[N]N1. The van der Waals surface area contributed by atoms with Gasteiger partial charge in [0.2, 0.25) is 0 Å². The lowest BCUT2D eigenvalue weighted by Crippen LogP contribution is -2.38. The Kier molecular flexibility index (Phi) is 1.65. The standard InChI is InChI=1S/C5H11N2/c1-5-3-2-4-6-7-5/h5,7H,2-4H2,1H3. The van der Waals surface area contributed by atoms with Crippen LogP contribution >= 0.6 is 0 Å². The maximum absolute atomic E-state index is 4.01. The van der Waals surface area contributed by atoms with Gasteiger partial charge in [-0.25, -0.2) is 5.43 Å². The van der Waals surface area contributed by atoms with Crippen LogP contribution in [0.3, 0.4) is 0 Å². The molecule has 1 heterocycles. The molecule has 1 unspecified atom stereocenters. The average molecular weight is 99.2 g/mol. The second-order valence-corrected chi connectivity index (χ2v) is 2.05. The Morgan fingerprint density at radius 2 is 2.57 bits per heavy atom. The van der Waals surface area contributed by atoms with Crippen molar-refractivity contribution >= 4 is 0 Å². The average Bonchev–Trinajstić information content (AvgIpc) is 1.69. The van der Waals surface area contributed by atoms with Gasteiger partial charge >= 0.3 is 0 Å². The molecule has 1 saturated heterocycles. The van der Waals surface area contributed by atoms with Crippen molar-refractivity contribution in [2.24, 2.45) is 0 Å². The smallest absolute Gasteiger partial charge is 0.0305 e. The molecular formula is C5H11N2. The van der Waals surface area contributed by atoms with E-state index in [9.17, 15) is 0 Å². The fourth-order valence-corrected chi connectivity index (χ4v) is 0.761. The molecule has 7 heavy (non-hydrogen) atoms. The molecule has 1 fully saturated rings. The van der Waals surface area contributed by atoms with Crippen LogP contribution in [0.1, 0.15) is 19.8 Å². The van der Waals surface area contributed by atoms with Crippen LogP contribution in [0.15, 0.2) is 0 Å². The summed E-state index contributed by atoms with van der Waals surface area (Å²) in [5.41, 5.74) is 7.02. The number of hydrogen-bond donors (Lipinski definition) is 1. The highest BCUT2D eigenvalue weighted by atomic mass is 15.4. The fourth-order valence-electron chi connectivity index (χ4n) is 0.761. The minimum absolute atomic E-state index is 0.619. The first-order valence-corrected chi connectivity index (χ1v) is 2.81. The molecule has 0 saturated carbocycles. The van der Waals surface area contributed by atoms with Gasteiger partial charge in [-0.1, -0.05) is 0 Å². The van der Waals surface area contributed by atoms with Crippen LogP contribution in [-0.4, -0.2) is 12.6 Å². The van der Waals surface area contributed by atoms with E-state index < -0.39 is 0 Å². The molecule has 0 aromatic rings. The van der Waals surface area contributed by atoms with Crippen molar-refractivity contribution in [2.45, 2.75) is 25.8 Å². The van der Waals surface area contributed by atoms with Crippen LogP contribution in [0, 0.1) is 0 Å². The van der Waals surface area contributed by atoms with Crippen LogP contribution in [-0.2, 0) is 0 Å². The zero-order valence-electron chi connectivity index (χ0n) is 4.65. The molecular weight excluding hydrogens is 88.1 g/mol. The molecule has 1 aliphatic rings. The second-order valence-electron chi connectivity index (χ2n) is 2.05. The summed E-state index contributed by atoms with van der Waals surface area (Å²) in [6.07, 6.45) is 2.54. The molecule has 1 rings (SSSR count). The molecule has 0 bridgehead atoms. The maximum Gasteiger partial charge on any atom is 0.0305 e. The van der Waals surface area contributed by atoms with Crippen molar-refractivity contribution in [2.75, 3.05) is 6.54 Å². The van der Waals surface area contributed by atoms with E-state index in [1.807, 2.05) is 0 Å². The third-order valence-corrected chi connectivity index (χ3v) is 1.22. The molecule has 0 aromatic heterocycles. The van der Waals surface area contributed by atoms with Gasteiger partial charge in [0, 0.05) is 12.6 Å².